The summed E-state index contributed by atoms with van der Waals surface area (Å²) in [7, 11) is 0. The Morgan fingerprint density at radius 2 is 1.00 bits per heavy atom. The van der Waals surface area contributed by atoms with Crippen LogP contribution < -0.4 is 0 Å². The van der Waals surface area contributed by atoms with E-state index in [1.165, 1.54) is 19.3 Å². The van der Waals surface area contributed by atoms with E-state index in [1.807, 2.05) is 0 Å². The Hall–Kier alpha value is 1.17. The van der Waals surface area contributed by atoms with E-state index >= 15 is 0 Å². The second kappa shape index (κ2) is 51.8. The smallest absolute Gasteiger partial charge is 0.368 e. The van der Waals surface area contributed by atoms with E-state index in [0.29, 0.717) is 6.42 Å². The molecule has 0 saturated carbocycles. The molecule has 0 saturated heterocycles. The molecule has 0 aromatic rings. The summed E-state index contributed by atoms with van der Waals surface area (Å²) >= 11 is 0. The first-order valence-corrected chi connectivity index (χ1v) is 4.13. The molecular formula is C14H36O2Rh2. The molecule has 122 valence electrons. The van der Waals surface area contributed by atoms with Gasteiger partial charge in [-0.2, -0.15) is 0 Å². The SMILES string of the molecule is CCCCCCCC(O)O.[CH3-].[CH3-].[CH3-].[CH3-].[CH3-].[CH3-].[Rh+3].[Rh+3]. The standard InChI is InChI=1S/C8H18O2.6CH3.2Rh/c1-2-3-4-5-6-7-8(9)10;;;;;;;;/h8-10H,2-7H2,1H3;6*1H3;;/q;6*-1;2*+3. The van der Waals surface area contributed by atoms with Crippen molar-refractivity contribution in [3.63, 3.8) is 0 Å². The second-order valence-corrected chi connectivity index (χ2v) is 2.68. The van der Waals surface area contributed by atoms with Crippen LogP contribution in [0.5, 0.6) is 0 Å². The van der Waals surface area contributed by atoms with Gasteiger partial charge in [0.2, 0.25) is 0 Å². The Morgan fingerprint density at radius 3 is 1.28 bits per heavy atom. The van der Waals surface area contributed by atoms with Crippen molar-refractivity contribution in [2.45, 2.75) is 51.7 Å². The van der Waals surface area contributed by atoms with Crippen molar-refractivity contribution in [2.24, 2.45) is 0 Å². The summed E-state index contributed by atoms with van der Waals surface area (Å²) in [6.45, 7) is 2.17. The maximum atomic E-state index is 8.46. The number of unbranched alkanes of at least 4 members (excludes halogenated alkanes) is 4. The zero-order valence-electron chi connectivity index (χ0n) is 13.4. The van der Waals surface area contributed by atoms with E-state index in [2.05, 4.69) is 6.92 Å². The fourth-order valence-electron chi connectivity index (χ4n) is 0.930. The van der Waals surface area contributed by atoms with Crippen molar-refractivity contribution in [1.82, 2.24) is 0 Å². The molecule has 0 rings (SSSR count). The van der Waals surface area contributed by atoms with Gasteiger partial charge in [-0.15, -0.1) is 0 Å². The minimum absolute atomic E-state index is 0. The predicted molar refractivity (Wildman–Crippen MR) is 80.1 cm³/mol. The number of hydrogen-bond acceptors (Lipinski definition) is 2. The molecule has 2 N–H and O–H groups in total. The van der Waals surface area contributed by atoms with Crippen molar-refractivity contribution in [2.75, 3.05) is 0 Å². The average molecular weight is 442 g/mol. The molecule has 0 radical (unpaired) electrons. The van der Waals surface area contributed by atoms with E-state index in [4.69, 9.17) is 10.2 Å². The number of aliphatic hydroxyl groups is 2. The van der Waals surface area contributed by atoms with Crippen LogP contribution >= 0.6 is 0 Å². The van der Waals surface area contributed by atoms with Gasteiger partial charge in [0.15, 0.2) is 6.29 Å². The zero-order valence-corrected chi connectivity index (χ0v) is 16.7. The molecule has 0 unspecified atom stereocenters. The van der Waals surface area contributed by atoms with Gasteiger partial charge in [0.25, 0.3) is 0 Å². The summed E-state index contributed by atoms with van der Waals surface area (Å²) < 4.78 is 0. The van der Waals surface area contributed by atoms with E-state index in [0.717, 1.165) is 12.8 Å². The molecule has 0 aliphatic carbocycles. The van der Waals surface area contributed by atoms with Crippen LogP contribution in [0.1, 0.15) is 45.4 Å². The van der Waals surface area contributed by atoms with E-state index in [9.17, 15) is 0 Å². The third kappa shape index (κ3) is 67.3. The molecule has 0 spiro atoms. The zero-order chi connectivity index (χ0) is 7.82. The quantitative estimate of drug-likeness (QED) is 0.278. The van der Waals surface area contributed by atoms with Crippen molar-refractivity contribution in [1.29, 1.82) is 0 Å². The van der Waals surface area contributed by atoms with Gasteiger partial charge in [0, 0.05) is 0 Å². The molecule has 0 aromatic heterocycles. The molecule has 0 fully saturated rings. The molecule has 0 aliphatic heterocycles. The average Bonchev–Trinajstić information content (AvgIpc) is 1.87. The first-order valence-electron chi connectivity index (χ1n) is 4.13. The fraction of sp³-hybridized carbons (Fsp3) is 0.571. The number of hydrogen-bond donors (Lipinski definition) is 2. The van der Waals surface area contributed by atoms with Crippen LogP contribution in [0.3, 0.4) is 0 Å². The van der Waals surface area contributed by atoms with Crippen LogP contribution in [0.4, 0.5) is 0 Å². The molecule has 0 aliphatic rings. The van der Waals surface area contributed by atoms with E-state index in [1.54, 1.807) is 0 Å². The van der Waals surface area contributed by atoms with Crippen LogP contribution in [0.2, 0.25) is 0 Å². The Balaban J connectivity index is -0.0000000145. The largest absolute Gasteiger partial charge is 3.00 e. The van der Waals surface area contributed by atoms with Crippen molar-refractivity contribution in [3.8, 4) is 0 Å². The van der Waals surface area contributed by atoms with Crippen LogP contribution in [0.15, 0.2) is 0 Å². The Bertz CT molecular complexity index is 72.8. The monoisotopic (exact) mass is 442 g/mol. The maximum absolute atomic E-state index is 8.46. The molecular weight excluding hydrogens is 406 g/mol. The minimum atomic E-state index is -1.10. The normalized spacial score (nSPS) is 6.00. The Kier molecular flexibility index (Phi) is 176. The third-order valence-corrected chi connectivity index (χ3v) is 1.57. The Morgan fingerprint density at radius 1 is 0.667 bits per heavy atom. The first-order chi connectivity index (χ1) is 4.77. The molecule has 18 heavy (non-hydrogen) atoms. The van der Waals surface area contributed by atoms with Gasteiger partial charge in [-0.3, -0.25) is 0 Å². The topological polar surface area (TPSA) is 40.5 Å². The van der Waals surface area contributed by atoms with Gasteiger partial charge in [-0.05, 0) is 12.8 Å². The van der Waals surface area contributed by atoms with Gasteiger partial charge in [-0.1, -0.05) is 32.6 Å². The third-order valence-electron chi connectivity index (χ3n) is 1.57. The summed E-state index contributed by atoms with van der Waals surface area (Å²) in [4.78, 5) is 0. The molecule has 0 amide bonds. The molecule has 0 atom stereocenters. The van der Waals surface area contributed by atoms with Crippen molar-refractivity contribution in [3.05, 3.63) is 44.6 Å². The summed E-state index contributed by atoms with van der Waals surface area (Å²) in [5.41, 5.74) is 0. The first kappa shape index (κ1) is 61.2. The number of rotatable bonds is 6. The van der Waals surface area contributed by atoms with Gasteiger partial charge in [-0.25, -0.2) is 0 Å². The van der Waals surface area contributed by atoms with Gasteiger partial charge in [0.05, 0.1) is 0 Å². The maximum Gasteiger partial charge on any atom is 3.00 e. The molecule has 2 nitrogen and oxygen atoms in total. The van der Waals surface area contributed by atoms with Crippen LogP contribution in [0, 0.1) is 44.6 Å². The van der Waals surface area contributed by atoms with E-state index in [-0.39, 0.29) is 83.5 Å². The van der Waals surface area contributed by atoms with Gasteiger partial charge in [0.1, 0.15) is 0 Å². The Labute approximate surface area is 145 Å². The van der Waals surface area contributed by atoms with Crippen molar-refractivity contribution < 1.29 is 49.2 Å². The second-order valence-electron chi connectivity index (χ2n) is 2.68. The van der Waals surface area contributed by atoms with Crippen LogP contribution in [-0.4, -0.2) is 16.5 Å². The van der Waals surface area contributed by atoms with Gasteiger partial charge >= 0.3 is 39.0 Å². The predicted octanol–water partition coefficient (Wildman–Crippen LogP) is 4.35. The minimum Gasteiger partial charge on any atom is -0.368 e. The molecule has 4 heteroatoms. The summed E-state index contributed by atoms with van der Waals surface area (Å²) in [5, 5.41) is 16.9. The molecule has 0 heterocycles. The van der Waals surface area contributed by atoms with Crippen molar-refractivity contribution >= 4 is 0 Å². The number of aliphatic hydroxyl groups excluding tert-OH is 1. The summed E-state index contributed by atoms with van der Waals surface area (Å²) in [5.74, 6) is 0. The van der Waals surface area contributed by atoms with Crippen LogP contribution in [-0.2, 0) is 39.0 Å². The van der Waals surface area contributed by atoms with Gasteiger partial charge < -0.3 is 54.8 Å². The summed E-state index contributed by atoms with van der Waals surface area (Å²) in [6.07, 6.45) is 5.24. The molecule has 0 bridgehead atoms. The molecule has 0 aromatic carbocycles. The van der Waals surface area contributed by atoms with E-state index < -0.39 is 6.29 Å². The summed E-state index contributed by atoms with van der Waals surface area (Å²) in [6, 6.07) is 0. The van der Waals surface area contributed by atoms with Crippen LogP contribution in [0.25, 0.3) is 0 Å². The fourth-order valence-corrected chi connectivity index (χ4v) is 0.930.